The third-order valence-corrected chi connectivity index (χ3v) is 7.21. The van der Waals surface area contributed by atoms with Gasteiger partial charge in [0.2, 0.25) is 5.91 Å². The van der Waals surface area contributed by atoms with Gasteiger partial charge in [-0.25, -0.2) is 4.39 Å². The van der Waals surface area contributed by atoms with Crippen LogP contribution < -0.4 is 4.74 Å². The van der Waals surface area contributed by atoms with Gasteiger partial charge >= 0.3 is 0 Å². The number of halogens is 1. The summed E-state index contributed by atoms with van der Waals surface area (Å²) >= 11 is 1.68. The summed E-state index contributed by atoms with van der Waals surface area (Å²) in [5, 5.41) is 2.04. The van der Waals surface area contributed by atoms with Crippen LogP contribution in [0.1, 0.15) is 38.0 Å². The second-order valence-electron chi connectivity index (χ2n) is 8.69. The molecular weight excluding hydrogens is 463 g/mol. The van der Waals surface area contributed by atoms with E-state index in [1.165, 1.54) is 28.0 Å². The minimum absolute atomic E-state index is 0.0596. The third-order valence-electron chi connectivity index (χ3n) is 6.21. The van der Waals surface area contributed by atoms with E-state index >= 15 is 0 Å². The van der Waals surface area contributed by atoms with Gasteiger partial charge in [0.1, 0.15) is 24.7 Å². The highest BCUT2D eigenvalue weighted by molar-refractivity contribution is 7.10. The maximum absolute atomic E-state index is 14.3. The molecule has 2 aromatic carbocycles. The monoisotopic (exact) mass is 492 g/mol. The smallest absolute Gasteiger partial charge is 0.257 e. The van der Waals surface area contributed by atoms with Gasteiger partial charge in [-0.2, -0.15) is 0 Å². The Bertz CT molecular complexity index is 1240. The number of hydrogen-bond acceptors (Lipinski definition) is 4. The van der Waals surface area contributed by atoms with E-state index in [-0.39, 0.29) is 30.6 Å². The Labute approximate surface area is 209 Å². The summed E-state index contributed by atoms with van der Waals surface area (Å²) in [6.45, 7) is 8.55. The normalized spacial score (nSPS) is 14.8. The van der Waals surface area contributed by atoms with Gasteiger partial charge in [-0.3, -0.25) is 9.59 Å². The standard InChI is InChI=1S/C28H29FN2O3S/c1-4-13-30(28(33)21-7-5-6-8-23(21)29)17-27(32)31-14-11-26-22(12-15-35-26)24(31)18-34-25-10-9-19(2)16-20(25)3/h4-10,12,15-16,24H,1,11,13-14,17-18H2,2-3H3/t24-/m1/s1. The lowest BCUT2D eigenvalue weighted by Gasteiger charge is -2.37. The zero-order valence-corrected chi connectivity index (χ0v) is 20.8. The number of carbonyl (C=O) groups excluding carboxylic acids is 2. The van der Waals surface area contributed by atoms with Gasteiger partial charge in [-0.05, 0) is 61.0 Å². The highest BCUT2D eigenvalue weighted by atomic mass is 32.1. The summed E-state index contributed by atoms with van der Waals surface area (Å²) in [6, 6.07) is 13.6. The molecule has 1 aliphatic rings. The van der Waals surface area contributed by atoms with Crippen LogP contribution in [0.3, 0.4) is 0 Å². The molecule has 0 N–H and O–H groups in total. The average Bonchev–Trinajstić information content (AvgIpc) is 3.32. The first-order valence-electron chi connectivity index (χ1n) is 11.6. The van der Waals surface area contributed by atoms with Crippen molar-refractivity contribution in [2.45, 2.75) is 26.3 Å². The zero-order valence-electron chi connectivity index (χ0n) is 20.0. The van der Waals surface area contributed by atoms with Gasteiger partial charge in [0, 0.05) is 18.0 Å². The van der Waals surface area contributed by atoms with Crippen LogP contribution in [0, 0.1) is 19.7 Å². The molecular formula is C28H29FN2O3S. The van der Waals surface area contributed by atoms with Crippen LogP contribution in [0.4, 0.5) is 4.39 Å². The molecule has 4 rings (SSSR count). The van der Waals surface area contributed by atoms with E-state index in [0.717, 1.165) is 28.9 Å². The largest absolute Gasteiger partial charge is 0.491 e. The van der Waals surface area contributed by atoms with Gasteiger partial charge < -0.3 is 14.5 Å². The summed E-state index contributed by atoms with van der Waals surface area (Å²) < 4.78 is 20.4. The summed E-state index contributed by atoms with van der Waals surface area (Å²) in [4.78, 5) is 30.9. The van der Waals surface area contributed by atoms with Gasteiger partial charge in [-0.1, -0.05) is 35.9 Å². The first kappa shape index (κ1) is 24.7. The topological polar surface area (TPSA) is 49.9 Å². The number of ether oxygens (including phenoxy) is 1. The lowest BCUT2D eigenvalue weighted by molar-refractivity contribution is -0.135. The maximum Gasteiger partial charge on any atom is 0.257 e. The number of carbonyl (C=O) groups is 2. The fraction of sp³-hybridized carbons (Fsp3) is 0.286. The Morgan fingerprint density at radius 3 is 2.77 bits per heavy atom. The third kappa shape index (κ3) is 5.46. The van der Waals surface area contributed by atoms with E-state index in [1.807, 2.05) is 37.4 Å². The minimum atomic E-state index is -0.611. The fourth-order valence-corrected chi connectivity index (χ4v) is 5.37. The molecule has 0 spiro atoms. The molecule has 3 aromatic rings. The van der Waals surface area contributed by atoms with Gasteiger partial charge in [0.05, 0.1) is 11.6 Å². The van der Waals surface area contributed by atoms with Gasteiger partial charge in [-0.15, -0.1) is 17.9 Å². The van der Waals surface area contributed by atoms with Crippen molar-refractivity contribution >= 4 is 23.2 Å². The fourth-order valence-electron chi connectivity index (χ4n) is 4.44. The molecule has 2 heterocycles. The van der Waals surface area contributed by atoms with Crippen molar-refractivity contribution in [1.82, 2.24) is 9.80 Å². The Hall–Kier alpha value is -3.45. The number of amides is 2. The highest BCUT2D eigenvalue weighted by Gasteiger charge is 2.33. The van der Waals surface area contributed by atoms with Crippen LogP contribution in [0.25, 0.3) is 0 Å². The van der Waals surface area contributed by atoms with Crippen LogP contribution >= 0.6 is 11.3 Å². The number of nitrogens with zero attached hydrogens (tertiary/aromatic N) is 2. The van der Waals surface area contributed by atoms with Crippen molar-refractivity contribution in [2.24, 2.45) is 0 Å². The summed E-state index contributed by atoms with van der Waals surface area (Å²) in [7, 11) is 0. The number of rotatable bonds is 8. The van der Waals surface area contributed by atoms with Crippen LogP contribution in [0.2, 0.25) is 0 Å². The number of thiophene rings is 1. The van der Waals surface area contributed by atoms with Crippen LogP contribution in [0.15, 0.2) is 66.6 Å². The molecule has 0 saturated heterocycles. The van der Waals surface area contributed by atoms with E-state index in [0.29, 0.717) is 13.2 Å². The summed E-state index contributed by atoms with van der Waals surface area (Å²) in [6.07, 6.45) is 2.29. The molecule has 0 aliphatic carbocycles. The van der Waals surface area contributed by atoms with Gasteiger partial charge in [0.25, 0.3) is 5.91 Å². The molecule has 1 atom stereocenters. The predicted molar refractivity (Wildman–Crippen MR) is 136 cm³/mol. The van der Waals surface area contributed by atoms with Crippen LogP contribution in [-0.4, -0.2) is 47.9 Å². The molecule has 1 aromatic heterocycles. The second-order valence-corrected chi connectivity index (χ2v) is 9.69. The average molecular weight is 493 g/mol. The molecule has 1 aliphatic heterocycles. The first-order valence-corrected chi connectivity index (χ1v) is 12.5. The molecule has 0 bridgehead atoms. The molecule has 35 heavy (non-hydrogen) atoms. The number of fused-ring (bicyclic) bond motifs is 1. The SMILES string of the molecule is C=CCN(CC(=O)N1CCc2sccc2[C@H]1COc1ccc(C)cc1C)C(=O)c1ccccc1F. The van der Waals surface area contributed by atoms with E-state index in [4.69, 9.17) is 4.74 Å². The predicted octanol–water partition coefficient (Wildman–Crippen LogP) is 5.34. The zero-order chi connectivity index (χ0) is 24.9. The van der Waals surface area contributed by atoms with Crippen LogP contribution in [-0.2, 0) is 11.2 Å². The Morgan fingerprint density at radius 2 is 2.03 bits per heavy atom. The van der Waals surface area contributed by atoms with E-state index in [2.05, 4.69) is 12.6 Å². The Kier molecular flexibility index (Phi) is 7.66. The van der Waals surface area contributed by atoms with Gasteiger partial charge in [0.15, 0.2) is 0 Å². The van der Waals surface area contributed by atoms with Crippen molar-refractivity contribution in [3.8, 4) is 5.75 Å². The minimum Gasteiger partial charge on any atom is -0.491 e. The van der Waals surface area contributed by atoms with Crippen molar-refractivity contribution < 1.29 is 18.7 Å². The van der Waals surface area contributed by atoms with Crippen molar-refractivity contribution in [1.29, 1.82) is 0 Å². The maximum atomic E-state index is 14.3. The molecule has 0 saturated carbocycles. The summed E-state index contributed by atoms with van der Waals surface area (Å²) in [5.41, 5.74) is 3.22. The lowest BCUT2D eigenvalue weighted by atomic mass is 10.00. The first-order chi connectivity index (χ1) is 16.9. The van der Waals surface area contributed by atoms with Crippen molar-refractivity contribution in [3.63, 3.8) is 0 Å². The molecule has 182 valence electrons. The molecule has 0 fully saturated rings. The van der Waals surface area contributed by atoms with Crippen LogP contribution in [0.5, 0.6) is 5.75 Å². The number of hydrogen-bond donors (Lipinski definition) is 0. The highest BCUT2D eigenvalue weighted by Crippen LogP contribution is 2.34. The molecule has 7 heteroatoms. The van der Waals surface area contributed by atoms with E-state index in [9.17, 15) is 14.0 Å². The Balaban J connectivity index is 1.54. The van der Waals surface area contributed by atoms with Crippen molar-refractivity contribution in [3.05, 3.63) is 99.5 Å². The summed E-state index contributed by atoms with van der Waals surface area (Å²) in [5.74, 6) is -0.566. The quantitative estimate of drug-likeness (QED) is 0.399. The second kappa shape index (κ2) is 10.9. The molecule has 2 amide bonds. The molecule has 5 nitrogen and oxygen atoms in total. The van der Waals surface area contributed by atoms with E-state index < -0.39 is 11.7 Å². The van der Waals surface area contributed by atoms with Crippen molar-refractivity contribution in [2.75, 3.05) is 26.2 Å². The molecule has 0 radical (unpaired) electrons. The number of aryl methyl sites for hydroxylation is 2. The Morgan fingerprint density at radius 1 is 1.23 bits per heavy atom. The lowest BCUT2D eigenvalue weighted by Crippen LogP contribution is -2.48. The number of benzene rings is 2. The molecule has 0 unspecified atom stereocenters. The van der Waals surface area contributed by atoms with E-state index in [1.54, 1.807) is 28.4 Å².